The third-order valence-electron chi connectivity index (χ3n) is 1.87. The molecule has 0 saturated heterocycles. The number of nitrogens with zero attached hydrogens (tertiary/aromatic N) is 1. The van der Waals surface area contributed by atoms with Crippen molar-refractivity contribution < 1.29 is 18.8 Å². The topological polar surface area (TPSA) is 69.4 Å². The van der Waals surface area contributed by atoms with E-state index in [1.54, 1.807) is 6.92 Å². The van der Waals surface area contributed by atoms with Crippen LogP contribution in [-0.2, 0) is 9.53 Å². The van der Waals surface area contributed by atoms with Crippen LogP contribution in [0.5, 0.6) is 0 Å². The highest BCUT2D eigenvalue weighted by atomic mass is 19.1. The molecule has 0 atom stereocenters. The van der Waals surface area contributed by atoms with Gasteiger partial charge in [-0.05, 0) is 24.6 Å². The molecule has 0 saturated carbocycles. The normalized spacial score (nSPS) is 10.5. The second kappa shape index (κ2) is 5.74. The predicted octanol–water partition coefficient (Wildman–Crippen LogP) is 2.31. The first kappa shape index (κ1) is 12.8. The number of hydrogen-bond donors (Lipinski definition) is 0. The van der Waals surface area contributed by atoms with E-state index < -0.39 is 22.4 Å². The number of benzene rings is 1. The SMILES string of the molecule is CCOC(=O)/C=C/c1ccc(F)c([N+](=O)[O-])c1. The minimum Gasteiger partial charge on any atom is -0.463 e. The van der Waals surface area contributed by atoms with Crippen LogP contribution in [0.3, 0.4) is 0 Å². The van der Waals surface area contributed by atoms with Gasteiger partial charge in [-0.1, -0.05) is 6.07 Å². The maximum absolute atomic E-state index is 13.0. The maximum Gasteiger partial charge on any atom is 0.330 e. The fraction of sp³-hybridized carbons (Fsp3) is 0.182. The summed E-state index contributed by atoms with van der Waals surface area (Å²) in [5, 5.41) is 10.5. The zero-order chi connectivity index (χ0) is 12.8. The zero-order valence-corrected chi connectivity index (χ0v) is 9.05. The molecule has 0 aliphatic carbocycles. The fourth-order valence-electron chi connectivity index (χ4n) is 1.13. The van der Waals surface area contributed by atoms with E-state index in [-0.39, 0.29) is 6.61 Å². The van der Waals surface area contributed by atoms with E-state index >= 15 is 0 Å². The highest BCUT2D eigenvalue weighted by Crippen LogP contribution is 2.19. The molecule has 0 fully saturated rings. The van der Waals surface area contributed by atoms with Crippen molar-refractivity contribution in [2.24, 2.45) is 0 Å². The summed E-state index contributed by atoms with van der Waals surface area (Å²) in [5.41, 5.74) is -0.276. The van der Waals surface area contributed by atoms with Crippen molar-refractivity contribution in [3.8, 4) is 0 Å². The number of nitro benzene ring substituents is 1. The molecule has 0 unspecified atom stereocenters. The fourth-order valence-corrected chi connectivity index (χ4v) is 1.13. The summed E-state index contributed by atoms with van der Waals surface area (Å²) in [6.45, 7) is 1.90. The molecule has 1 rings (SSSR count). The molecule has 0 spiro atoms. The van der Waals surface area contributed by atoms with E-state index in [2.05, 4.69) is 4.74 Å². The number of halogens is 1. The summed E-state index contributed by atoms with van der Waals surface area (Å²) in [6.07, 6.45) is 2.45. The minimum absolute atomic E-state index is 0.243. The monoisotopic (exact) mass is 239 g/mol. The lowest BCUT2D eigenvalue weighted by atomic mass is 10.2. The van der Waals surface area contributed by atoms with E-state index in [4.69, 9.17) is 0 Å². The van der Waals surface area contributed by atoms with Gasteiger partial charge in [-0.2, -0.15) is 4.39 Å². The number of nitro groups is 1. The zero-order valence-electron chi connectivity index (χ0n) is 9.05. The molecule has 0 heterocycles. The Morgan fingerprint density at radius 3 is 2.88 bits per heavy atom. The highest BCUT2D eigenvalue weighted by molar-refractivity contribution is 5.87. The van der Waals surface area contributed by atoms with Crippen LogP contribution in [0.15, 0.2) is 24.3 Å². The number of rotatable bonds is 4. The van der Waals surface area contributed by atoms with Crippen molar-refractivity contribution in [1.29, 1.82) is 0 Å². The molecule has 0 N–H and O–H groups in total. The van der Waals surface area contributed by atoms with Gasteiger partial charge >= 0.3 is 11.7 Å². The standard InChI is InChI=1S/C11H10FNO4/c1-2-17-11(14)6-4-8-3-5-9(12)10(7-8)13(15)16/h3-7H,2H2,1H3/b6-4+. The van der Waals surface area contributed by atoms with Gasteiger partial charge in [0.1, 0.15) is 0 Å². The summed E-state index contributed by atoms with van der Waals surface area (Å²) in [5.74, 6) is -1.47. The maximum atomic E-state index is 13.0. The molecule has 1 aromatic rings. The molecular weight excluding hydrogens is 229 g/mol. The Bertz CT molecular complexity index is 471. The van der Waals surface area contributed by atoms with Crippen molar-refractivity contribution in [3.05, 3.63) is 45.8 Å². The van der Waals surface area contributed by atoms with Crippen LogP contribution in [0, 0.1) is 15.9 Å². The van der Waals surface area contributed by atoms with Crippen LogP contribution in [-0.4, -0.2) is 17.5 Å². The summed E-state index contributed by atoms with van der Waals surface area (Å²) in [4.78, 5) is 20.6. The lowest BCUT2D eigenvalue weighted by Crippen LogP contribution is -1.98. The van der Waals surface area contributed by atoms with Gasteiger partial charge in [0, 0.05) is 12.1 Å². The van der Waals surface area contributed by atoms with Crippen molar-refractivity contribution in [2.45, 2.75) is 6.92 Å². The second-order valence-electron chi connectivity index (χ2n) is 3.05. The molecule has 0 amide bonds. The third-order valence-corrected chi connectivity index (χ3v) is 1.87. The molecule has 5 nitrogen and oxygen atoms in total. The van der Waals surface area contributed by atoms with Gasteiger partial charge in [0.2, 0.25) is 5.82 Å². The summed E-state index contributed by atoms with van der Waals surface area (Å²) >= 11 is 0. The van der Waals surface area contributed by atoms with Crippen molar-refractivity contribution >= 4 is 17.7 Å². The third kappa shape index (κ3) is 3.67. The van der Waals surface area contributed by atoms with Crippen molar-refractivity contribution in [2.75, 3.05) is 6.61 Å². The van der Waals surface area contributed by atoms with Gasteiger partial charge in [-0.25, -0.2) is 4.79 Å². The first-order valence-electron chi connectivity index (χ1n) is 4.83. The van der Waals surface area contributed by atoms with E-state index in [0.29, 0.717) is 5.56 Å². The lowest BCUT2D eigenvalue weighted by molar-refractivity contribution is -0.387. The van der Waals surface area contributed by atoms with Crippen LogP contribution in [0.4, 0.5) is 10.1 Å². The summed E-state index contributed by atoms with van der Waals surface area (Å²) < 4.78 is 17.6. The molecule has 1 aromatic carbocycles. The Labute approximate surface area is 96.7 Å². The van der Waals surface area contributed by atoms with Crippen LogP contribution in [0.25, 0.3) is 6.08 Å². The van der Waals surface area contributed by atoms with E-state index in [9.17, 15) is 19.3 Å². The average Bonchev–Trinajstić information content (AvgIpc) is 2.28. The average molecular weight is 239 g/mol. The highest BCUT2D eigenvalue weighted by Gasteiger charge is 2.13. The Kier molecular flexibility index (Phi) is 4.33. The Morgan fingerprint density at radius 1 is 1.59 bits per heavy atom. The van der Waals surface area contributed by atoms with Crippen LogP contribution >= 0.6 is 0 Å². The molecule has 0 aromatic heterocycles. The molecule has 90 valence electrons. The Balaban J connectivity index is 2.89. The minimum atomic E-state index is -0.914. The van der Waals surface area contributed by atoms with Gasteiger partial charge in [0.15, 0.2) is 0 Å². The van der Waals surface area contributed by atoms with Crippen molar-refractivity contribution in [1.82, 2.24) is 0 Å². The van der Waals surface area contributed by atoms with Gasteiger partial charge in [0.25, 0.3) is 0 Å². The van der Waals surface area contributed by atoms with Gasteiger partial charge < -0.3 is 4.74 Å². The lowest BCUT2D eigenvalue weighted by Gasteiger charge is -1.97. The van der Waals surface area contributed by atoms with Gasteiger partial charge in [-0.3, -0.25) is 10.1 Å². The van der Waals surface area contributed by atoms with E-state index in [0.717, 1.165) is 18.2 Å². The molecule has 6 heteroatoms. The van der Waals surface area contributed by atoms with E-state index in [1.165, 1.54) is 12.1 Å². The number of hydrogen-bond acceptors (Lipinski definition) is 4. The molecule has 0 radical (unpaired) electrons. The molecule has 0 bridgehead atoms. The van der Waals surface area contributed by atoms with Gasteiger partial charge in [0.05, 0.1) is 11.5 Å². The first-order valence-corrected chi connectivity index (χ1v) is 4.83. The smallest absolute Gasteiger partial charge is 0.330 e. The molecule has 0 aliphatic rings. The number of carbonyl (C=O) groups excluding carboxylic acids is 1. The quantitative estimate of drug-likeness (QED) is 0.350. The van der Waals surface area contributed by atoms with Crippen LogP contribution < -0.4 is 0 Å². The first-order chi connectivity index (χ1) is 8.04. The van der Waals surface area contributed by atoms with Crippen LogP contribution in [0.1, 0.15) is 12.5 Å². The molecule has 0 aliphatic heterocycles. The number of ether oxygens (including phenoxy) is 1. The van der Waals surface area contributed by atoms with Crippen molar-refractivity contribution in [3.63, 3.8) is 0 Å². The van der Waals surface area contributed by atoms with Gasteiger partial charge in [-0.15, -0.1) is 0 Å². The number of carbonyl (C=O) groups is 1. The summed E-state index contributed by atoms with van der Waals surface area (Å²) in [6, 6.07) is 3.35. The Morgan fingerprint density at radius 2 is 2.29 bits per heavy atom. The molecule has 17 heavy (non-hydrogen) atoms. The predicted molar refractivity (Wildman–Crippen MR) is 58.7 cm³/mol. The largest absolute Gasteiger partial charge is 0.463 e. The number of esters is 1. The Hall–Kier alpha value is -2.24. The van der Waals surface area contributed by atoms with Crippen LogP contribution in [0.2, 0.25) is 0 Å². The molecular formula is C11H10FNO4. The second-order valence-corrected chi connectivity index (χ2v) is 3.05. The van der Waals surface area contributed by atoms with E-state index in [1.807, 2.05) is 0 Å². The summed E-state index contributed by atoms with van der Waals surface area (Å²) in [7, 11) is 0.